The van der Waals surface area contributed by atoms with Crippen molar-refractivity contribution in [2.45, 2.75) is 17.9 Å². The van der Waals surface area contributed by atoms with Crippen LogP contribution in [0.5, 0.6) is 11.6 Å². The van der Waals surface area contributed by atoms with E-state index in [0.29, 0.717) is 0 Å². The third-order valence-electron chi connectivity index (χ3n) is 1.89. The topological polar surface area (TPSA) is 31.4 Å². The number of nitrogens with zero attached hydrogens (tertiary/aromatic N) is 1. The van der Waals surface area contributed by atoms with Crippen LogP contribution in [0, 0.1) is 0 Å². The number of aromatic nitrogens is 1. The summed E-state index contributed by atoms with van der Waals surface area (Å²) in [7, 11) is 0.992. The van der Waals surface area contributed by atoms with Gasteiger partial charge in [-0.25, -0.2) is 4.98 Å². The Bertz CT molecular complexity index is 459. The van der Waals surface area contributed by atoms with E-state index in [1.54, 1.807) is 0 Å². The highest BCUT2D eigenvalue weighted by molar-refractivity contribution is 9.08. The molecule has 0 spiro atoms. The molecule has 0 bridgehead atoms. The quantitative estimate of drug-likeness (QED) is 0.610. The molecule has 108 valence electrons. The number of hydrogen-bond acceptors (Lipinski definition) is 3. The lowest BCUT2D eigenvalue weighted by Gasteiger charge is -2.16. The van der Waals surface area contributed by atoms with E-state index in [4.69, 9.17) is 0 Å². The van der Waals surface area contributed by atoms with Gasteiger partial charge in [0.05, 0.1) is 12.7 Å². The summed E-state index contributed by atoms with van der Waals surface area (Å²) in [6, 6.07) is 0.173. The molecule has 1 aromatic heterocycles. The van der Waals surface area contributed by atoms with Gasteiger partial charge in [0.15, 0.2) is 5.69 Å². The van der Waals surface area contributed by atoms with E-state index in [-0.39, 0.29) is 17.0 Å². The van der Waals surface area contributed by atoms with Crippen LogP contribution in [-0.4, -0.2) is 18.5 Å². The minimum atomic E-state index is -5.12. The average Bonchev–Trinajstić information content (AvgIpc) is 2.24. The number of ether oxygens (including phenoxy) is 2. The Balaban J connectivity index is 3.40. The van der Waals surface area contributed by atoms with E-state index in [2.05, 4.69) is 30.4 Å². The van der Waals surface area contributed by atoms with Gasteiger partial charge in [-0.15, -0.1) is 13.2 Å². The van der Waals surface area contributed by atoms with Gasteiger partial charge >= 0.3 is 12.5 Å². The van der Waals surface area contributed by atoms with E-state index < -0.39 is 29.9 Å². The zero-order chi connectivity index (χ0) is 14.8. The van der Waals surface area contributed by atoms with Crippen molar-refractivity contribution in [3.63, 3.8) is 0 Å². The fourth-order valence-corrected chi connectivity index (χ4v) is 1.69. The first-order valence-corrected chi connectivity index (χ1v) is 5.67. The molecule has 1 rings (SSSR count). The minimum absolute atomic E-state index is 0.173. The van der Waals surface area contributed by atoms with Gasteiger partial charge in [-0.2, -0.15) is 13.2 Å². The summed E-state index contributed by atoms with van der Waals surface area (Å²) >= 11 is 2.83. The minimum Gasteiger partial charge on any atom is -0.481 e. The predicted octanol–water partition coefficient (Wildman–Crippen LogP) is 3.90. The zero-order valence-electron chi connectivity index (χ0n) is 9.19. The number of pyridine rings is 1. The maximum atomic E-state index is 12.5. The molecule has 0 saturated carbocycles. The maximum absolute atomic E-state index is 12.5. The first-order chi connectivity index (χ1) is 8.58. The van der Waals surface area contributed by atoms with Crippen LogP contribution in [-0.2, 0) is 11.5 Å². The second-order valence-corrected chi connectivity index (χ2v) is 3.73. The van der Waals surface area contributed by atoms with Crippen molar-refractivity contribution in [2.75, 3.05) is 7.11 Å². The summed E-state index contributed by atoms with van der Waals surface area (Å²) in [5.74, 6) is -1.60. The normalized spacial score (nSPS) is 12.4. The van der Waals surface area contributed by atoms with Gasteiger partial charge in [0.25, 0.3) is 0 Å². The molecule has 0 aliphatic carbocycles. The van der Waals surface area contributed by atoms with Crippen molar-refractivity contribution >= 4 is 15.9 Å². The Hall–Kier alpha value is -1.19. The summed E-state index contributed by atoms with van der Waals surface area (Å²) in [6.45, 7) is 0. The third-order valence-corrected chi connectivity index (χ3v) is 2.45. The van der Waals surface area contributed by atoms with E-state index >= 15 is 0 Å². The van der Waals surface area contributed by atoms with Crippen molar-refractivity contribution in [3.8, 4) is 11.6 Å². The van der Waals surface area contributed by atoms with Crippen LogP contribution in [0.2, 0.25) is 0 Å². The second kappa shape index (κ2) is 5.43. The van der Waals surface area contributed by atoms with Gasteiger partial charge in [0, 0.05) is 11.4 Å². The highest BCUT2D eigenvalue weighted by atomic mass is 79.9. The summed E-state index contributed by atoms with van der Waals surface area (Å²) in [4.78, 5) is 3.10. The molecule has 0 saturated heterocycles. The number of alkyl halides is 7. The van der Waals surface area contributed by atoms with Crippen molar-refractivity contribution in [1.82, 2.24) is 4.98 Å². The first-order valence-electron chi connectivity index (χ1n) is 4.55. The molecule has 0 unspecified atom stereocenters. The lowest BCUT2D eigenvalue weighted by molar-refractivity contribution is -0.275. The largest absolute Gasteiger partial charge is 0.573 e. The highest BCUT2D eigenvalue weighted by Gasteiger charge is 2.38. The summed E-state index contributed by atoms with van der Waals surface area (Å²) in [5.41, 5.74) is -1.80. The molecule has 0 aromatic carbocycles. The smallest absolute Gasteiger partial charge is 0.481 e. The van der Waals surface area contributed by atoms with E-state index in [1.807, 2.05) is 0 Å². The van der Waals surface area contributed by atoms with Gasteiger partial charge < -0.3 is 9.47 Å². The summed E-state index contributed by atoms with van der Waals surface area (Å²) in [5, 5.41) is -0.216. The van der Waals surface area contributed by atoms with Gasteiger partial charge in [-0.3, -0.25) is 0 Å². The summed E-state index contributed by atoms with van der Waals surface area (Å²) in [6.07, 6.45) is -10.0. The van der Waals surface area contributed by atoms with Crippen molar-refractivity contribution < 1.29 is 35.8 Å². The van der Waals surface area contributed by atoms with Gasteiger partial charge in [-0.1, -0.05) is 15.9 Å². The van der Waals surface area contributed by atoms with Crippen LogP contribution >= 0.6 is 15.9 Å². The fraction of sp³-hybridized carbons (Fsp3) is 0.444. The van der Waals surface area contributed by atoms with Crippen LogP contribution in [0.25, 0.3) is 0 Å². The molecule has 19 heavy (non-hydrogen) atoms. The van der Waals surface area contributed by atoms with Crippen molar-refractivity contribution in [3.05, 3.63) is 17.3 Å². The Morgan fingerprint density at radius 1 is 1.21 bits per heavy atom. The van der Waals surface area contributed by atoms with E-state index in [9.17, 15) is 26.3 Å². The third kappa shape index (κ3) is 4.15. The molecule has 0 aliphatic heterocycles. The molecule has 3 nitrogen and oxygen atoms in total. The predicted molar refractivity (Wildman–Crippen MR) is 55.1 cm³/mol. The lowest BCUT2D eigenvalue weighted by atomic mass is 10.2. The molecule has 0 radical (unpaired) electrons. The fourth-order valence-electron chi connectivity index (χ4n) is 1.18. The SMILES string of the molecule is COc1nc(C(F)(F)F)cc(OC(F)(F)F)c1CBr. The number of rotatable bonds is 3. The lowest BCUT2D eigenvalue weighted by Crippen LogP contribution is -2.20. The molecular weight excluding hydrogens is 348 g/mol. The maximum Gasteiger partial charge on any atom is 0.573 e. The Morgan fingerprint density at radius 3 is 2.16 bits per heavy atom. The Morgan fingerprint density at radius 2 is 1.79 bits per heavy atom. The second-order valence-electron chi connectivity index (χ2n) is 3.17. The molecular formula is C9H6BrF6NO2. The van der Waals surface area contributed by atoms with Crippen LogP contribution in [0.4, 0.5) is 26.3 Å². The molecule has 1 heterocycles. The van der Waals surface area contributed by atoms with E-state index in [0.717, 1.165) is 7.11 Å². The monoisotopic (exact) mass is 353 g/mol. The molecule has 0 aliphatic rings. The van der Waals surface area contributed by atoms with Crippen LogP contribution in [0.3, 0.4) is 0 Å². The van der Waals surface area contributed by atoms with Gasteiger partial charge in [0.2, 0.25) is 5.88 Å². The van der Waals surface area contributed by atoms with Crippen molar-refractivity contribution in [2.24, 2.45) is 0 Å². The number of methoxy groups -OCH3 is 1. The average molecular weight is 354 g/mol. The van der Waals surface area contributed by atoms with E-state index in [1.165, 1.54) is 0 Å². The Kier molecular flexibility index (Phi) is 4.54. The zero-order valence-corrected chi connectivity index (χ0v) is 10.8. The van der Waals surface area contributed by atoms with Crippen molar-refractivity contribution in [1.29, 1.82) is 0 Å². The standard InChI is InChI=1S/C9H6BrF6NO2/c1-18-7-4(3-10)5(19-9(14,15)16)2-6(17-7)8(11,12)13/h2H,3H2,1H3. The van der Waals surface area contributed by atoms with Crippen LogP contribution in [0.1, 0.15) is 11.3 Å². The highest BCUT2D eigenvalue weighted by Crippen LogP contribution is 2.38. The molecule has 0 fully saturated rings. The first kappa shape index (κ1) is 15.9. The Labute approximate surface area is 111 Å². The van der Waals surface area contributed by atoms with Crippen LogP contribution < -0.4 is 9.47 Å². The molecule has 1 aromatic rings. The van der Waals surface area contributed by atoms with Gasteiger partial charge in [-0.05, 0) is 0 Å². The number of hydrogen-bond donors (Lipinski definition) is 0. The van der Waals surface area contributed by atoms with Gasteiger partial charge in [0.1, 0.15) is 5.75 Å². The molecule has 0 atom stereocenters. The molecule has 0 N–H and O–H groups in total. The number of halogens is 7. The van der Waals surface area contributed by atoms with Crippen LogP contribution in [0.15, 0.2) is 6.07 Å². The summed E-state index contributed by atoms with van der Waals surface area (Å²) < 4.78 is 82.0. The molecule has 10 heteroatoms. The molecule has 0 amide bonds.